The van der Waals surface area contributed by atoms with E-state index in [1.165, 1.54) is 10.0 Å². The van der Waals surface area contributed by atoms with Gasteiger partial charge in [0.1, 0.15) is 0 Å². The average molecular weight is 254 g/mol. The monoisotopic (exact) mass is 254 g/mol. The van der Waals surface area contributed by atoms with Crippen LogP contribution in [-0.2, 0) is 9.47 Å². The van der Waals surface area contributed by atoms with Gasteiger partial charge in [0.05, 0.1) is 25.0 Å². The second-order valence-electron chi connectivity index (χ2n) is 4.13. The molecule has 6 heteroatoms. The molecule has 0 bridgehead atoms. The van der Waals surface area contributed by atoms with Gasteiger partial charge in [0.15, 0.2) is 0 Å². The zero-order valence-corrected chi connectivity index (χ0v) is 10.7. The Hall–Kier alpha value is -1.72. The van der Waals surface area contributed by atoms with E-state index in [4.69, 9.17) is 9.47 Å². The molecular formula is C12H18N2O4. The Morgan fingerprint density at radius 3 is 2.61 bits per heavy atom. The number of ether oxygens (including phenoxy) is 2. The van der Waals surface area contributed by atoms with Crippen molar-refractivity contribution in [3.63, 3.8) is 0 Å². The van der Waals surface area contributed by atoms with Gasteiger partial charge >= 0.3 is 12.2 Å². The third kappa shape index (κ3) is 2.02. The van der Waals surface area contributed by atoms with Crippen molar-refractivity contribution in [1.82, 2.24) is 10.0 Å². The zero-order valence-electron chi connectivity index (χ0n) is 10.7. The quantitative estimate of drug-likeness (QED) is 0.758. The smallest absolute Gasteiger partial charge is 0.433 e. The molecule has 1 aliphatic heterocycles. The molecule has 1 fully saturated rings. The number of hydrogen-bond donors (Lipinski definition) is 0. The lowest BCUT2D eigenvalue weighted by molar-refractivity contribution is -0.0849. The van der Waals surface area contributed by atoms with Crippen LogP contribution >= 0.6 is 0 Å². The number of carbonyl (C=O) groups is 2. The van der Waals surface area contributed by atoms with Gasteiger partial charge in [-0.25, -0.2) is 9.59 Å². The third-order valence-electron chi connectivity index (χ3n) is 3.03. The van der Waals surface area contributed by atoms with Gasteiger partial charge in [-0.2, -0.15) is 10.0 Å². The minimum absolute atomic E-state index is 0.0396. The lowest BCUT2D eigenvalue weighted by Gasteiger charge is -2.51. The molecule has 0 spiro atoms. The summed E-state index contributed by atoms with van der Waals surface area (Å²) in [6.07, 6.45) is 3.78. The lowest BCUT2D eigenvalue weighted by atomic mass is 9.94. The van der Waals surface area contributed by atoms with Crippen LogP contribution in [0.5, 0.6) is 0 Å². The van der Waals surface area contributed by atoms with E-state index in [0.717, 1.165) is 25.0 Å². The Balaban J connectivity index is 2.15. The van der Waals surface area contributed by atoms with Crippen LogP contribution in [0.25, 0.3) is 0 Å². The summed E-state index contributed by atoms with van der Waals surface area (Å²) in [5, 5.41) is 2.64. The van der Waals surface area contributed by atoms with Crippen molar-refractivity contribution in [3.05, 3.63) is 11.8 Å². The summed E-state index contributed by atoms with van der Waals surface area (Å²) in [6, 6.07) is -0.0396. The number of nitrogens with zero attached hydrogens (tertiary/aromatic N) is 2. The minimum Gasteiger partial charge on any atom is -0.448 e. The van der Waals surface area contributed by atoms with E-state index in [1.807, 2.05) is 6.08 Å². The number of fused-ring (bicyclic) bond motifs is 1. The Kier molecular flexibility index (Phi) is 3.74. The molecule has 0 aromatic rings. The molecule has 1 saturated heterocycles. The van der Waals surface area contributed by atoms with Crippen LogP contribution < -0.4 is 0 Å². The molecule has 0 radical (unpaired) electrons. The molecule has 18 heavy (non-hydrogen) atoms. The molecule has 0 saturated carbocycles. The first-order valence-electron chi connectivity index (χ1n) is 6.33. The SMILES string of the molecule is CCOC(=O)N1C2=CCCCC2N1C(=O)OCC. The predicted molar refractivity (Wildman–Crippen MR) is 63.4 cm³/mol. The molecule has 1 aliphatic carbocycles. The zero-order chi connectivity index (χ0) is 13.1. The Labute approximate surface area is 106 Å². The summed E-state index contributed by atoms with van der Waals surface area (Å²) in [5.41, 5.74) is 0.854. The van der Waals surface area contributed by atoms with Gasteiger partial charge < -0.3 is 9.47 Å². The first-order chi connectivity index (χ1) is 8.70. The van der Waals surface area contributed by atoms with Crippen LogP contribution in [-0.4, -0.2) is 41.5 Å². The van der Waals surface area contributed by atoms with Gasteiger partial charge in [0.25, 0.3) is 0 Å². The minimum atomic E-state index is -0.519. The normalized spacial score (nSPS) is 21.7. The highest BCUT2D eigenvalue weighted by atomic mass is 16.6. The van der Waals surface area contributed by atoms with E-state index < -0.39 is 12.2 Å². The van der Waals surface area contributed by atoms with Crippen LogP contribution in [0, 0.1) is 0 Å². The highest BCUT2D eigenvalue weighted by molar-refractivity contribution is 5.79. The van der Waals surface area contributed by atoms with E-state index in [9.17, 15) is 9.59 Å². The van der Waals surface area contributed by atoms with Crippen molar-refractivity contribution in [3.8, 4) is 0 Å². The maximum atomic E-state index is 11.8. The molecule has 2 aliphatic rings. The highest BCUT2D eigenvalue weighted by Crippen LogP contribution is 2.38. The van der Waals surface area contributed by atoms with Crippen LogP contribution in [0.3, 0.4) is 0 Å². The molecule has 6 nitrogen and oxygen atoms in total. The Morgan fingerprint density at radius 1 is 1.28 bits per heavy atom. The lowest BCUT2D eigenvalue weighted by Crippen LogP contribution is -2.66. The van der Waals surface area contributed by atoms with Crippen molar-refractivity contribution in [2.75, 3.05) is 13.2 Å². The number of amides is 2. The molecule has 0 aromatic carbocycles. The number of allylic oxidation sites excluding steroid dienone is 1. The number of rotatable bonds is 2. The van der Waals surface area contributed by atoms with Gasteiger partial charge in [0.2, 0.25) is 0 Å². The molecule has 2 rings (SSSR count). The second kappa shape index (κ2) is 5.29. The number of carbonyl (C=O) groups excluding carboxylic acids is 2. The van der Waals surface area contributed by atoms with Gasteiger partial charge in [-0.1, -0.05) is 6.08 Å². The molecule has 0 aromatic heterocycles. The summed E-state index contributed by atoms with van der Waals surface area (Å²) in [5.74, 6) is 0. The number of hydrazine groups is 1. The molecule has 0 N–H and O–H groups in total. The third-order valence-corrected chi connectivity index (χ3v) is 3.03. The maximum absolute atomic E-state index is 11.8. The highest BCUT2D eigenvalue weighted by Gasteiger charge is 2.50. The number of hydrogen-bond acceptors (Lipinski definition) is 4. The van der Waals surface area contributed by atoms with E-state index in [2.05, 4.69) is 0 Å². The van der Waals surface area contributed by atoms with Gasteiger partial charge in [-0.15, -0.1) is 0 Å². The van der Waals surface area contributed by atoms with Crippen molar-refractivity contribution in [2.24, 2.45) is 0 Å². The van der Waals surface area contributed by atoms with Crippen molar-refractivity contribution in [2.45, 2.75) is 39.2 Å². The summed E-state index contributed by atoms with van der Waals surface area (Å²) >= 11 is 0. The largest absolute Gasteiger partial charge is 0.448 e. The molecular weight excluding hydrogens is 236 g/mol. The first-order valence-corrected chi connectivity index (χ1v) is 6.33. The fraction of sp³-hybridized carbons (Fsp3) is 0.667. The van der Waals surface area contributed by atoms with Gasteiger partial charge in [-0.05, 0) is 33.1 Å². The van der Waals surface area contributed by atoms with Crippen molar-refractivity contribution in [1.29, 1.82) is 0 Å². The fourth-order valence-corrected chi connectivity index (χ4v) is 2.30. The first kappa shape index (κ1) is 12.7. The topological polar surface area (TPSA) is 59.1 Å². The summed E-state index contributed by atoms with van der Waals surface area (Å²) in [4.78, 5) is 23.6. The average Bonchev–Trinajstić information content (AvgIpc) is 2.31. The fourth-order valence-electron chi connectivity index (χ4n) is 2.30. The van der Waals surface area contributed by atoms with E-state index in [0.29, 0.717) is 0 Å². The van der Waals surface area contributed by atoms with E-state index in [-0.39, 0.29) is 19.3 Å². The van der Waals surface area contributed by atoms with Crippen LogP contribution in [0.4, 0.5) is 9.59 Å². The molecule has 1 heterocycles. The van der Waals surface area contributed by atoms with Gasteiger partial charge in [0, 0.05) is 0 Å². The van der Waals surface area contributed by atoms with Crippen molar-refractivity contribution < 1.29 is 19.1 Å². The standard InChI is InChI=1S/C12H18N2O4/c1-3-17-11(15)13-9-7-5-6-8-10(9)14(13)12(16)18-4-2/h7,10H,3-6,8H2,1-2H3. The summed E-state index contributed by atoms with van der Waals surface area (Å²) in [6.45, 7) is 4.05. The molecule has 1 atom stereocenters. The Morgan fingerprint density at radius 2 is 1.94 bits per heavy atom. The van der Waals surface area contributed by atoms with Crippen LogP contribution in [0.2, 0.25) is 0 Å². The summed E-state index contributed by atoms with van der Waals surface area (Å²) in [7, 11) is 0. The van der Waals surface area contributed by atoms with Crippen LogP contribution in [0.1, 0.15) is 33.1 Å². The van der Waals surface area contributed by atoms with Gasteiger partial charge in [-0.3, -0.25) is 0 Å². The molecule has 100 valence electrons. The summed E-state index contributed by atoms with van der Waals surface area (Å²) < 4.78 is 9.91. The van der Waals surface area contributed by atoms with Crippen molar-refractivity contribution >= 4 is 12.2 Å². The van der Waals surface area contributed by atoms with E-state index >= 15 is 0 Å². The van der Waals surface area contributed by atoms with E-state index in [1.54, 1.807) is 13.8 Å². The molecule has 2 amide bonds. The Bertz CT molecular complexity index is 380. The van der Waals surface area contributed by atoms with Crippen LogP contribution in [0.15, 0.2) is 11.8 Å². The second-order valence-corrected chi connectivity index (χ2v) is 4.13. The molecule has 1 unspecified atom stereocenters. The predicted octanol–water partition coefficient (Wildman–Crippen LogP) is 2.27. The maximum Gasteiger partial charge on any atom is 0.433 e.